The van der Waals surface area contributed by atoms with Crippen LogP contribution in [0.1, 0.15) is 11.4 Å². The average Bonchev–Trinajstić information content (AvgIpc) is 2.46. The summed E-state index contributed by atoms with van der Waals surface area (Å²) < 4.78 is 10.3. The lowest BCUT2D eigenvalue weighted by molar-refractivity contribution is -0.127. The van der Waals surface area contributed by atoms with Gasteiger partial charge < -0.3 is 14.8 Å². The smallest absolute Gasteiger partial charge is 0.265 e. The van der Waals surface area contributed by atoms with Gasteiger partial charge in [0.05, 0.1) is 25.6 Å². The highest BCUT2D eigenvalue weighted by Crippen LogP contribution is 2.12. The van der Waals surface area contributed by atoms with Crippen LogP contribution in [0, 0.1) is 6.92 Å². The largest absolute Gasteiger partial charge is 0.484 e. The van der Waals surface area contributed by atoms with Crippen molar-refractivity contribution in [1.29, 1.82) is 0 Å². The maximum atomic E-state index is 11.8. The van der Waals surface area contributed by atoms with Crippen LogP contribution < -0.4 is 10.1 Å². The van der Waals surface area contributed by atoms with E-state index >= 15 is 0 Å². The Bertz CT molecular complexity index is 526. The third kappa shape index (κ3) is 3.31. The van der Waals surface area contributed by atoms with Crippen LogP contribution in [0.15, 0.2) is 30.7 Å². The van der Waals surface area contributed by atoms with Crippen LogP contribution in [0.2, 0.25) is 0 Å². The fourth-order valence-corrected chi connectivity index (χ4v) is 1.57. The summed E-state index contributed by atoms with van der Waals surface area (Å²) in [7, 11) is 1.52. The monoisotopic (exact) mass is 261 g/mol. The lowest BCUT2D eigenvalue weighted by atomic mass is 10.2. The van der Waals surface area contributed by atoms with E-state index < -0.39 is 6.10 Å². The molecule has 2 heterocycles. The van der Waals surface area contributed by atoms with Gasteiger partial charge in [-0.25, -0.2) is 4.98 Å². The Kier molecular flexibility index (Phi) is 4.12. The lowest BCUT2D eigenvalue weighted by Crippen LogP contribution is -2.34. The van der Waals surface area contributed by atoms with Crippen molar-refractivity contribution < 1.29 is 14.3 Å². The fourth-order valence-electron chi connectivity index (χ4n) is 1.57. The molecule has 0 bridgehead atoms. The molecule has 100 valence electrons. The minimum absolute atomic E-state index is 0.231. The Balaban J connectivity index is 1.97. The normalized spacial score (nSPS) is 16.8. The quantitative estimate of drug-likeness (QED) is 0.871. The molecule has 1 N–H and O–H groups in total. The fraction of sp³-hybridized carbons (Fsp3) is 0.308. The predicted octanol–water partition coefficient (Wildman–Crippen LogP) is 0.879. The van der Waals surface area contributed by atoms with Gasteiger partial charge in [0.25, 0.3) is 5.91 Å². The molecule has 0 fully saturated rings. The molecule has 1 amide bonds. The van der Waals surface area contributed by atoms with E-state index in [4.69, 9.17) is 9.47 Å². The van der Waals surface area contributed by atoms with Gasteiger partial charge in [-0.3, -0.25) is 9.78 Å². The highest BCUT2D eigenvalue weighted by atomic mass is 16.5. The van der Waals surface area contributed by atoms with Crippen molar-refractivity contribution in [2.75, 3.05) is 7.11 Å². The molecule has 0 radical (unpaired) electrons. The Morgan fingerprint density at radius 2 is 2.37 bits per heavy atom. The summed E-state index contributed by atoms with van der Waals surface area (Å²) in [4.78, 5) is 20.2. The lowest BCUT2D eigenvalue weighted by Gasteiger charge is -2.15. The Morgan fingerprint density at radius 1 is 1.53 bits per heavy atom. The number of carbonyl (C=O) groups excluding carboxylic acids is 1. The Morgan fingerprint density at radius 3 is 3.05 bits per heavy atom. The molecule has 2 rings (SSSR count). The maximum absolute atomic E-state index is 11.8. The first kappa shape index (κ1) is 13.1. The van der Waals surface area contributed by atoms with Gasteiger partial charge >= 0.3 is 0 Å². The molecule has 1 aliphatic heterocycles. The van der Waals surface area contributed by atoms with Gasteiger partial charge in [-0.1, -0.05) is 6.08 Å². The van der Waals surface area contributed by atoms with E-state index in [1.807, 2.05) is 6.92 Å². The standard InChI is InChI=1S/C13H15N3O3/c1-9-7-14-10(13(16-9)18-2)8-15-12(17)11-5-3-4-6-19-11/h3-7,11H,8H2,1-2H3,(H,15,17). The van der Waals surface area contributed by atoms with Gasteiger partial charge in [0.15, 0.2) is 6.10 Å². The number of allylic oxidation sites excluding steroid dienone is 2. The summed E-state index contributed by atoms with van der Waals surface area (Å²) in [6.45, 7) is 2.07. The van der Waals surface area contributed by atoms with Crippen LogP contribution in [0.25, 0.3) is 0 Å². The highest BCUT2D eigenvalue weighted by molar-refractivity contribution is 5.83. The summed E-state index contributed by atoms with van der Waals surface area (Å²) in [5.41, 5.74) is 1.34. The van der Waals surface area contributed by atoms with E-state index in [1.165, 1.54) is 13.4 Å². The predicted molar refractivity (Wildman–Crippen MR) is 68.3 cm³/mol. The molecule has 6 nitrogen and oxygen atoms in total. The highest BCUT2D eigenvalue weighted by Gasteiger charge is 2.17. The molecule has 0 aromatic carbocycles. The SMILES string of the molecule is COc1nc(C)cnc1CNC(=O)C1C=CC=CO1. The molecule has 0 aliphatic carbocycles. The molecule has 1 aliphatic rings. The minimum Gasteiger partial charge on any atom is -0.484 e. The summed E-state index contributed by atoms with van der Waals surface area (Å²) in [5, 5.41) is 2.73. The number of nitrogens with one attached hydrogen (secondary N) is 1. The Hall–Kier alpha value is -2.37. The molecule has 0 saturated carbocycles. The van der Waals surface area contributed by atoms with Gasteiger partial charge in [0.2, 0.25) is 5.88 Å². The first-order chi connectivity index (χ1) is 9.20. The van der Waals surface area contributed by atoms with Gasteiger partial charge in [-0.15, -0.1) is 0 Å². The number of hydrogen-bond acceptors (Lipinski definition) is 5. The molecule has 1 aromatic rings. The second kappa shape index (κ2) is 5.99. The molecular formula is C13H15N3O3. The zero-order chi connectivity index (χ0) is 13.7. The second-order valence-electron chi connectivity index (χ2n) is 3.96. The van der Waals surface area contributed by atoms with E-state index in [9.17, 15) is 4.79 Å². The van der Waals surface area contributed by atoms with Crippen molar-refractivity contribution in [1.82, 2.24) is 15.3 Å². The van der Waals surface area contributed by atoms with Crippen LogP contribution in [-0.4, -0.2) is 29.1 Å². The molecule has 1 aromatic heterocycles. The average molecular weight is 261 g/mol. The number of carbonyl (C=O) groups is 1. The first-order valence-electron chi connectivity index (χ1n) is 5.83. The Labute approximate surface area is 111 Å². The summed E-state index contributed by atoms with van der Waals surface area (Å²) >= 11 is 0. The van der Waals surface area contributed by atoms with Gasteiger partial charge in [0, 0.05) is 6.20 Å². The number of aryl methyl sites for hydroxylation is 1. The molecule has 0 spiro atoms. The molecule has 0 saturated heterocycles. The summed E-state index contributed by atoms with van der Waals surface area (Å²) in [5.74, 6) is 0.185. The van der Waals surface area contributed by atoms with Crippen molar-refractivity contribution in [2.45, 2.75) is 19.6 Å². The van der Waals surface area contributed by atoms with Gasteiger partial charge in [-0.05, 0) is 19.1 Å². The summed E-state index contributed by atoms with van der Waals surface area (Å²) in [6, 6.07) is 0. The van der Waals surface area contributed by atoms with Crippen LogP contribution in [0.5, 0.6) is 5.88 Å². The van der Waals surface area contributed by atoms with Crippen LogP contribution >= 0.6 is 0 Å². The zero-order valence-corrected chi connectivity index (χ0v) is 10.8. The van der Waals surface area contributed by atoms with E-state index in [1.54, 1.807) is 24.4 Å². The van der Waals surface area contributed by atoms with Crippen molar-refractivity contribution in [3.05, 3.63) is 42.1 Å². The van der Waals surface area contributed by atoms with Crippen molar-refractivity contribution in [2.24, 2.45) is 0 Å². The first-order valence-corrected chi connectivity index (χ1v) is 5.83. The maximum Gasteiger partial charge on any atom is 0.265 e. The number of ether oxygens (including phenoxy) is 2. The van der Waals surface area contributed by atoms with Crippen LogP contribution in [0.4, 0.5) is 0 Å². The van der Waals surface area contributed by atoms with Crippen LogP contribution in [-0.2, 0) is 16.1 Å². The van der Waals surface area contributed by atoms with E-state index in [0.29, 0.717) is 11.6 Å². The van der Waals surface area contributed by atoms with Gasteiger partial charge in [0.1, 0.15) is 5.69 Å². The molecule has 6 heteroatoms. The molecule has 1 atom stereocenters. The topological polar surface area (TPSA) is 73.3 Å². The number of hydrogen-bond donors (Lipinski definition) is 1. The van der Waals surface area contributed by atoms with Crippen molar-refractivity contribution >= 4 is 5.91 Å². The third-order valence-electron chi connectivity index (χ3n) is 2.51. The van der Waals surface area contributed by atoms with E-state index in [-0.39, 0.29) is 12.5 Å². The van der Waals surface area contributed by atoms with Gasteiger partial charge in [-0.2, -0.15) is 0 Å². The minimum atomic E-state index is -0.602. The molecule has 1 unspecified atom stereocenters. The van der Waals surface area contributed by atoms with Crippen molar-refractivity contribution in [3.63, 3.8) is 0 Å². The number of rotatable bonds is 4. The number of methoxy groups -OCH3 is 1. The van der Waals surface area contributed by atoms with Crippen LogP contribution in [0.3, 0.4) is 0 Å². The zero-order valence-electron chi connectivity index (χ0n) is 10.8. The number of amides is 1. The van der Waals surface area contributed by atoms with Crippen molar-refractivity contribution in [3.8, 4) is 5.88 Å². The number of nitrogens with zero attached hydrogens (tertiary/aromatic N) is 2. The number of aromatic nitrogens is 2. The molecule has 19 heavy (non-hydrogen) atoms. The molecular weight excluding hydrogens is 246 g/mol. The summed E-state index contributed by atoms with van der Waals surface area (Å²) in [6.07, 6.45) is 7.67. The van der Waals surface area contributed by atoms with E-state index in [2.05, 4.69) is 15.3 Å². The van der Waals surface area contributed by atoms with E-state index in [0.717, 1.165) is 5.69 Å². The third-order valence-corrected chi connectivity index (χ3v) is 2.51. The second-order valence-corrected chi connectivity index (χ2v) is 3.96.